The molecule has 3 N–H and O–H groups in total. The standard InChI is InChI=1S/C21H13ClF6N4O3/c1-35-13-8-6-12(7-9-13)32-16-14(17(33)30-18(32)34)19(20(23,24)25,21(26,27)28)31-15(29-16)10-2-4-11(22)5-3-10/h2-9H,1H3,(H,29,31)(H,30,33,34)/p+1. The molecule has 0 saturated heterocycles. The van der Waals surface area contributed by atoms with E-state index in [1.165, 1.54) is 60.6 Å². The van der Waals surface area contributed by atoms with Crippen molar-refractivity contribution in [1.29, 1.82) is 0 Å². The second kappa shape index (κ2) is 8.18. The quantitative estimate of drug-likeness (QED) is 0.464. The van der Waals surface area contributed by atoms with Crippen LogP contribution in [0.4, 0.5) is 32.2 Å². The molecule has 7 nitrogen and oxygen atoms in total. The van der Waals surface area contributed by atoms with Crippen LogP contribution in [0.25, 0.3) is 5.69 Å². The molecule has 2 heterocycles. The molecule has 0 fully saturated rings. The van der Waals surface area contributed by atoms with Crippen LogP contribution < -0.4 is 26.3 Å². The molecule has 0 amide bonds. The number of nitrogens with zero attached hydrogens (tertiary/aromatic N) is 1. The number of nitrogens with one attached hydrogen (secondary N) is 3. The molecular formula is C21H14ClF6N4O3+. The van der Waals surface area contributed by atoms with E-state index in [-0.39, 0.29) is 16.3 Å². The molecule has 1 aliphatic heterocycles. The van der Waals surface area contributed by atoms with Crippen molar-refractivity contribution in [3.63, 3.8) is 0 Å². The van der Waals surface area contributed by atoms with Crippen LogP contribution in [0.1, 0.15) is 11.1 Å². The average molecular weight is 520 g/mol. The van der Waals surface area contributed by atoms with Gasteiger partial charge in [0.05, 0.1) is 18.4 Å². The van der Waals surface area contributed by atoms with E-state index in [1.54, 1.807) is 4.98 Å². The number of hydrogen-bond acceptors (Lipinski definition) is 4. The van der Waals surface area contributed by atoms with Crippen LogP contribution in [0.15, 0.2) is 58.1 Å². The summed E-state index contributed by atoms with van der Waals surface area (Å²) in [6, 6.07) is 9.98. The maximum atomic E-state index is 14.3. The fraction of sp³-hybridized carbons (Fsp3) is 0.190. The molecule has 0 spiro atoms. The summed E-state index contributed by atoms with van der Waals surface area (Å²) in [4.78, 5) is 28.3. The molecule has 2 aromatic carbocycles. The Labute approximate surface area is 196 Å². The maximum Gasteiger partial charge on any atom is 0.446 e. The second-order valence-electron chi connectivity index (χ2n) is 7.39. The van der Waals surface area contributed by atoms with Crippen molar-refractivity contribution in [2.75, 3.05) is 12.4 Å². The molecule has 35 heavy (non-hydrogen) atoms. The zero-order valence-electron chi connectivity index (χ0n) is 17.4. The molecule has 0 saturated carbocycles. The summed E-state index contributed by atoms with van der Waals surface area (Å²) in [7, 11) is 1.34. The Morgan fingerprint density at radius 1 is 0.943 bits per heavy atom. The number of amidine groups is 1. The molecule has 1 aliphatic rings. The summed E-state index contributed by atoms with van der Waals surface area (Å²) >= 11 is 5.79. The highest BCUT2D eigenvalue weighted by atomic mass is 35.5. The number of alkyl halides is 6. The van der Waals surface area contributed by atoms with Gasteiger partial charge in [-0.15, -0.1) is 0 Å². The lowest BCUT2D eigenvalue weighted by molar-refractivity contribution is -0.658. The van der Waals surface area contributed by atoms with E-state index in [1.807, 2.05) is 0 Å². The zero-order valence-corrected chi connectivity index (χ0v) is 18.2. The van der Waals surface area contributed by atoms with Crippen LogP contribution in [-0.4, -0.2) is 34.8 Å². The average Bonchev–Trinajstić information content (AvgIpc) is 2.77. The fourth-order valence-electron chi connectivity index (χ4n) is 3.73. The molecule has 1 aromatic heterocycles. The van der Waals surface area contributed by atoms with Gasteiger partial charge >= 0.3 is 23.6 Å². The molecule has 0 aliphatic carbocycles. The Kier molecular flexibility index (Phi) is 5.70. The van der Waals surface area contributed by atoms with Gasteiger partial charge in [-0.3, -0.25) is 9.78 Å². The van der Waals surface area contributed by atoms with Crippen LogP contribution >= 0.6 is 11.6 Å². The summed E-state index contributed by atoms with van der Waals surface area (Å²) in [5, 5.41) is 2.56. The third-order valence-electron chi connectivity index (χ3n) is 5.36. The van der Waals surface area contributed by atoms with Gasteiger partial charge in [-0.25, -0.2) is 19.7 Å². The number of ether oxygens (including phenoxy) is 1. The van der Waals surface area contributed by atoms with Crippen LogP contribution in [0.5, 0.6) is 5.75 Å². The Balaban J connectivity index is 2.14. The first kappa shape index (κ1) is 24.4. The Morgan fingerprint density at radius 3 is 2.03 bits per heavy atom. The highest BCUT2D eigenvalue weighted by Crippen LogP contribution is 2.48. The topological polar surface area (TPSA) is 90.1 Å². The van der Waals surface area contributed by atoms with E-state index in [0.717, 1.165) is 0 Å². The van der Waals surface area contributed by atoms with Crippen molar-refractivity contribution in [2.24, 2.45) is 0 Å². The minimum absolute atomic E-state index is 0.133. The summed E-state index contributed by atoms with van der Waals surface area (Å²) < 4.78 is 91.5. The third-order valence-corrected chi connectivity index (χ3v) is 5.61. The normalized spacial score (nSPS) is 15.1. The Morgan fingerprint density at radius 2 is 1.51 bits per heavy atom. The van der Waals surface area contributed by atoms with Crippen LogP contribution in [-0.2, 0) is 5.54 Å². The number of anilines is 1. The summed E-state index contributed by atoms with van der Waals surface area (Å²) in [6.45, 7) is 0. The van der Waals surface area contributed by atoms with Crippen molar-refractivity contribution in [2.45, 2.75) is 17.9 Å². The smallest absolute Gasteiger partial charge is 0.446 e. The molecule has 14 heteroatoms. The molecule has 3 aromatic rings. The first-order chi connectivity index (χ1) is 16.3. The molecule has 4 rings (SSSR count). The summed E-state index contributed by atoms with van der Waals surface area (Å²) in [5.74, 6) is -1.46. The summed E-state index contributed by atoms with van der Waals surface area (Å²) in [6.07, 6.45) is -12.1. The van der Waals surface area contributed by atoms with Crippen molar-refractivity contribution in [3.8, 4) is 11.4 Å². The highest BCUT2D eigenvalue weighted by molar-refractivity contribution is 6.30. The van der Waals surface area contributed by atoms with Gasteiger partial charge in [-0.2, -0.15) is 26.3 Å². The van der Waals surface area contributed by atoms with E-state index >= 15 is 0 Å². The first-order valence-electron chi connectivity index (χ1n) is 9.66. The van der Waals surface area contributed by atoms with Gasteiger partial charge in [0.15, 0.2) is 0 Å². The Bertz CT molecular complexity index is 1410. The van der Waals surface area contributed by atoms with Gasteiger partial charge in [0, 0.05) is 5.02 Å². The fourth-order valence-corrected chi connectivity index (χ4v) is 3.85. The lowest BCUT2D eigenvalue weighted by Crippen LogP contribution is -2.97. The predicted octanol–water partition coefficient (Wildman–Crippen LogP) is 2.46. The molecule has 0 radical (unpaired) electrons. The van der Waals surface area contributed by atoms with Crippen LogP contribution in [0.3, 0.4) is 0 Å². The van der Waals surface area contributed by atoms with Gasteiger partial charge in [-0.1, -0.05) is 11.6 Å². The van der Waals surface area contributed by atoms with Crippen LogP contribution in [0.2, 0.25) is 5.02 Å². The van der Waals surface area contributed by atoms with Gasteiger partial charge in [-0.05, 0) is 48.5 Å². The van der Waals surface area contributed by atoms with E-state index in [0.29, 0.717) is 10.3 Å². The first-order valence-corrected chi connectivity index (χ1v) is 10.0. The molecule has 184 valence electrons. The maximum absolute atomic E-state index is 14.3. The van der Waals surface area contributed by atoms with Crippen molar-refractivity contribution in [3.05, 3.63) is 85.5 Å². The minimum Gasteiger partial charge on any atom is -0.497 e. The van der Waals surface area contributed by atoms with Crippen molar-refractivity contribution >= 4 is 23.3 Å². The van der Waals surface area contributed by atoms with Crippen molar-refractivity contribution < 1.29 is 36.1 Å². The number of methoxy groups -OCH3 is 1. The molecular weight excluding hydrogens is 506 g/mol. The summed E-state index contributed by atoms with van der Waals surface area (Å²) in [5.41, 5.74) is -10.0. The van der Waals surface area contributed by atoms with Gasteiger partial charge in [0.2, 0.25) is 5.82 Å². The van der Waals surface area contributed by atoms with Gasteiger partial charge in [0.1, 0.15) is 11.3 Å². The molecule has 0 bridgehead atoms. The van der Waals surface area contributed by atoms with Crippen molar-refractivity contribution in [1.82, 2.24) is 9.55 Å². The minimum atomic E-state index is -6.06. The number of benzene rings is 2. The number of halogens is 7. The predicted molar refractivity (Wildman–Crippen MR) is 113 cm³/mol. The lowest BCUT2D eigenvalue weighted by Gasteiger charge is -2.35. The Hall–Kier alpha value is -3.74. The van der Waals surface area contributed by atoms with E-state index in [4.69, 9.17) is 16.3 Å². The lowest BCUT2D eigenvalue weighted by atomic mass is 9.87. The number of aromatic amines is 1. The van der Waals surface area contributed by atoms with Gasteiger partial charge < -0.3 is 4.74 Å². The monoisotopic (exact) mass is 519 g/mol. The van der Waals surface area contributed by atoms with E-state index in [9.17, 15) is 35.9 Å². The van der Waals surface area contributed by atoms with E-state index < -0.39 is 46.4 Å². The zero-order chi connectivity index (χ0) is 25.8. The number of H-pyrrole nitrogens is 1. The van der Waals surface area contributed by atoms with Crippen LogP contribution in [0, 0.1) is 0 Å². The third kappa shape index (κ3) is 3.85. The SMILES string of the molecule is COc1ccc(-n2c3c(c(=O)[nH]c2=O)C(C(F)(F)F)(C(F)(F)F)[NH+]=C(c2ccc(Cl)cc2)N3)cc1. The molecule has 0 unspecified atom stereocenters. The van der Waals surface area contributed by atoms with E-state index in [2.05, 4.69) is 5.32 Å². The second-order valence-corrected chi connectivity index (χ2v) is 7.83. The number of fused-ring (bicyclic) bond motifs is 1. The number of aromatic nitrogens is 2. The molecule has 0 atom stereocenters. The number of rotatable bonds is 3. The van der Waals surface area contributed by atoms with Gasteiger partial charge in [0.25, 0.3) is 11.4 Å². The number of hydrogen-bond donors (Lipinski definition) is 3. The highest BCUT2D eigenvalue weighted by Gasteiger charge is 2.78. The largest absolute Gasteiger partial charge is 0.497 e.